The van der Waals surface area contributed by atoms with E-state index >= 15 is 0 Å². The predicted octanol–water partition coefficient (Wildman–Crippen LogP) is 4.34. The first-order chi connectivity index (χ1) is 27.4. The fourth-order valence-corrected chi connectivity index (χ4v) is 6.77. The average Bonchev–Trinajstić information content (AvgIpc) is 3.24. The molecule has 56 heavy (non-hydrogen) atoms. The van der Waals surface area contributed by atoms with Crippen molar-refractivity contribution in [2.45, 2.75) is 38.8 Å². The molecule has 0 radical (unpaired) electrons. The number of amides is 2. The molecule has 0 spiro atoms. The number of nitrogens with two attached hydrogens (primary N) is 2. The molecule has 284 valence electrons. The number of carbonyl (C=O) groups excluding carboxylic acids is 2. The number of hydrogen-bond donors (Lipinski definition) is 4. The van der Waals surface area contributed by atoms with Crippen LogP contribution in [0.1, 0.15) is 62.0 Å². The highest BCUT2D eigenvalue weighted by Crippen LogP contribution is 2.29. The third-order valence-electron chi connectivity index (χ3n) is 9.53. The van der Waals surface area contributed by atoms with Crippen LogP contribution in [0.25, 0.3) is 34.2 Å². The second-order valence-corrected chi connectivity index (χ2v) is 13.7. The third kappa shape index (κ3) is 9.32. The van der Waals surface area contributed by atoms with Crippen molar-refractivity contribution in [3.05, 3.63) is 143 Å². The number of nitrogens with zero attached hydrogens (tertiary/aromatic N) is 7. The van der Waals surface area contributed by atoms with Crippen LogP contribution in [0.5, 0.6) is 0 Å². The summed E-state index contributed by atoms with van der Waals surface area (Å²) in [5.41, 5.74) is 20.2. The van der Waals surface area contributed by atoms with E-state index in [1.165, 1.54) is 0 Å². The summed E-state index contributed by atoms with van der Waals surface area (Å²) in [6.45, 7) is 4.99. The highest BCUT2D eigenvalue weighted by molar-refractivity contribution is 5.96. The Labute approximate surface area is 326 Å². The Balaban J connectivity index is 1.41. The molecule has 0 saturated heterocycles. The van der Waals surface area contributed by atoms with Crippen LogP contribution < -0.4 is 22.1 Å². The van der Waals surface area contributed by atoms with Crippen LogP contribution in [0.3, 0.4) is 0 Å². The number of aromatic nitrogens is 6. The summed E-state index contributed by atoms with van der Waals surface area (Å²) < 4.78 is 0. The van der Waals surface area contributed by atoms with Crippen LogP contribution in [0.15, 0.2) is 103 Å². The van der Waals surface area contributed by atoms with Gasteiger partial charge in [0.1, 0.15) is 0 Å². The Bertz CT molecular complexity index is 2320. The molecule has 0 aromatic carbocycles. The van der Waals surface area contributed by atoms with Crippen LogP contribution in [-0.2, 0) is 25.9 Å². The normalized spacial score (nSPS) is 14.3. The van der Waals surface area contributed by atoms with Crippen molar-refractivity contribution in [3.8, 4) is 34.2 Å². The van der Waals surface area contributed by atoms with Gasteiger partial charge in [-0.2, -0.15) is 0 Å². The molecule has 7 rings (SSSR count). The topological polar surface area (TPSA) is 191 Å². The number of hydrogen-bond acceptors (Lipinski definition) is 11. The Kier molecular flexibility index (Phi) is 12.2. The molecule has 1 unspecified atom stereocenters. The lowest BCUT2D eigenvalue weighted by Gasteiger charge is -2.21. The Morgan fingerprint density at radius 3 is 1.79 bits per heavy atom. The van der Waals surface area contributed by atoms with Crippen LogP contribution in [0.2, 0.25) is 0 Å². The summed E-state index contributed by atoms with van der Waals surface area (Å²) in [4.78, 5) is 59.2. The zero-order chi connectivity index (χ0) is 38.9. The van der Waals surface area contributed by atoms with Crippen LogP contribution in [-0.4, -0.2) is 79.3 Å². The molecule has 6 N–H and O–H groups in total. The molecule has 2 amide bonds. The molecular weight excluding hydrogens is 703 g/mol. The number of carbonyl (C=O) groups is 2. The van der Waals surface area contributed by atoms with Crippen molar-refractivity contribution >= 4 is 11.8 Å². The first kappa shape index (κ1) is 38.0. The fourth-order valence-electron chi connectivity index (χ4n) is 6.77. The lowest BCUT2D eigenvalue weighted by molar-refractivity contribution is 0.0946. The van der Waals surface area contributed by atoms with E-state index in [0.717, 1.165) is 39.9 Å². The van der Waals surface area contributed by atoms with Crippen LogP contribution in [0, 0.1) is 0 Å². The summed E-state index contributed by atoms with van der Waals surface area (Å²) >= 11 is 0. The lowest BCUT2D eigenvalue weighted by Crippen LogP contribution is -2.30. The van der Waals surface area contributed by atoms with Gasteiger partial charge in [-0.15, -0.1) is 0 Å². The van der Waals surface area contributed by atoms with Gasteiger partial charge >= 0.3 is 0 Å². The molecule has 8 bridgehead atoms. The Morgan fingerprint density at radius 2 is 1.14 bits per heavy atom. The summed E-state index contributed by atoms with van der Waals surface area (Å²) in [6.07, 6.45) is 2.69. The van der Waals surface area contributed by atoms with Crippen molar-refractivity contribution in [2.24, 2.45) is 11.5 Å². The maximum absolute atomic E-state index is 13.6. The number of fused-ring (bicyclic) bond motifs is 10. The minimum Gasteiger partial charge on any atom is -0.351 e. The van der Waals surface area contributed by atoms with E-state index in [-0.39, 0.29) is 17.7 Å². The van der Waals surface area contributed by atoms with Crippen LogP contribution >= 0.6 is 0 Å². The van der Waals surface area contributed by atoms with E-state index in [4.69, 9.17) is 36.4 Å². The number of rotatable bonds is 9. The molecule has 0 saturated carbocycles. The minimum absolute atomic E-state index is 0.211. The molecule has 0 aliphatic carbocycles. The highest BCUT2D eigenvalue weighted by atomic mass is 16.2. The summed E-state index contributed by atoms with van der Waals surface area (Å²) in [6, 6.07) is 30.7. The van der Waals surface area contributed by atoms with E-state index < -0.39 is 0 Å². The highest BCUT2D eigenvalue weighted by Gasteiger charge is 2.22. The Morgan fingerprint density at radius 1 is 0.607 bits per heavy atom. The monoisotopic (exact) mass is 747 g/mol. The van der Waals surface area contributed by atoms with Gasteiger partial charge in [-0.1, -0.05) is 31.2 Å². The Hall–Kier alpha value is -6.28. The molecule has 7 heterocycles. The maximum atomic E-state index is 13.6. The van der Waals surface area contributed by atoms with Gasteiger partial charge in [-0.3, -0.25) is 34.4 Å². The number of pyridine rings is 6. The van der Waals surface area contributed by atoms with E-state index in [1.54, 1.807) is 30.5 Å². The lowest BCUT2D eigenvalue weighted by atomic mass is 9.92. The largest absolute Gasteiger partial charge is 0.351 e. The van der Waals surface area contributed by atoms with Gasteiger partial charge in [0.05, 0.1) is 45.6 Å². The van der Waals surface area contributed by atoms with Gasteiger partial charge < -0.3 is 22.1 Å². The molecule has 13 heteroatoms. The van der Waals surface area contributed by atoms with E-state index in [1.807, 2.05) is 72.8 Å². The zero-order valence-corrected chi connectivity index (χ0v) is 31.4. The van der Waals surface area contributed by atoms with E-state index in [9.17, 15) is 9.59 Å². The summed E-state index contributed by atoms with van der Waals surface area (Å²) in [7, 11) is 0. The van der Waals surface area contributed by atoms with E-state index in [2.05, 4.69) is 27.4 Å². The molecule has 1 atom stereocenters. The standard InChI is InChI=1S/C43H45N11O2/c1-2-54-26-32-9-6-13-39(50-32)38-12-5-8-31(49-38)20-28(35-11-7-14-37(53-35)36-10-3-4-17-46-36)21-33-22-29(42(55)47-18-15-44)24-40(51-33)41-25-30(23-34(27-54)52-41)43(56)48-19-16-45/h3-14,17,22-25,28H,2,15-16,18-21,26-27,44-45H2,1H3,(H,47,55)(H,48,56). The van der Waals surface area contributed by atoms with Gasteiger partial charge in [0.15, 0.2) is 0 Å². The molecular formula is C43H45N11O2. The molecule has 0 fully saturated rings. The van der Waals surface area contributed by atoms with Gasteiger partial charge in [0, 0.05) is 79.6 Å². The first-order valence-corrected chi connectivity index (χ1v) is 18.9. The van der Waals surface area contributed by atoms with Crippen molar-refractivity contribution in [1.82, 2.24) is 45.4 Å². The van der Waals surface area contributed by atoms with Crippen molar-refractivity contribution in [1.29, 1.82) is 0 Å². The zero-order valence-electron chi connectivity index (χ0n) is 31.4. The second kappa shape index (κ2) is 17.9. The first-order valence-electron chi connectivity index (χ1n) is 18.9. The van der Waals surface area contributed by atoms with Crippen molar-refractivity contribution in [2.75, 3.05) is 32.7 Å². The molecule has 6 aromatic heterocycles. The van der Waals surface area contributed by atoms with Crippen LogP contribution in [0.4, 0.5) is 0 Å². The quantitative estimate of drug-likeness (QED) is 0.165. The van der Waals surface area contributed by atoms with E-state index in [0.29, 0.717) is 92.6 Å². The van der Waals surface area contributed by atoms with Gasteiger partial charge in [0.2, 0.25) is 0 Å². The second-order valence-electron chi connectivity index (χ2n) is 13.7. The smallest absolute Gasteiger partial charge is 0.251 e. The molecule has 13 nitrogen and oxygen atoms in total. The average molecular weight is 748 g/mol. The molecule has 1 aliphatic heterocycles. The van der Waals surface area contributed by atoms with Gasteiger partial charge in [0.25, 0.3) is 11.8 Å². The summed E-state index contributed by atoms with van der Waals surface area (Å²) in [5, 5.41) is 5.79. The van der Waals surface area contributed by atoms with Gasteiger partial charge in [-0.25, -0.2) is 9.97 Å². The van der Waals surface area contributed by atoms with Gasteiger partial charge in [-0.05, 0) is 92.2 Å². The third-order valence-corrected chi connectivity index (χ3v) is 9.53. The van der Waals surface area contributed by atoms with Crippen molar-refractivity contribution in [3.63, 3.8) is 0 Å². The maximum Gasteiger partial charge on any atom is 0.251 e. The molecule has 6 aromatic rings. The minimum atomic E-state index is -0.286. The number of nitrogens with one attached hydrogen (secondary N) is 2. The predicted molar refractivity (Wildman–Crippen MR) is 215 cm³/mol. The SMILES string of the molecule is CCN1Cc2cccc(n2)-c2cccc(n2)CC(c2cccc(-c3ccccn3)n2)Cc2cc(C(=O)NCCN)cc(n2)-c2cc(C(=O)NCCN)cc(n2)C1. The fraction of sp³-hybridized carbons (Fsp3) is 0.256. The molecule has 1 aliphatic rings. The summed E-state index contributed by atoms with van der Waals surface area (Å²) in [5.74, 6) is -0.770. The van der Waals surface area contributed by atoms with Crippen molar-refractivity contribution < 1.29 is 9.59 Å².